The van der Waals surface area contributed by atoms with E-state index < -0.39 is 15.9 Å². The number of methoxy groups -OCH3 is 1. The molecule has 0 aliphatic carbocycles. The Morgan fingerprint density at radius 2 is 2.30 bits per heavy atom. The highest BCUT2D eigenvalue weighted by Gasteiger charge is 2.09. The van der Waals surface area contributed by atoms with Crippen LogP contribution in [-0.4, -0.2) is 18.0 Å². The van der Waals surface area contributed by atoms with Crippen LogP contribution < -0.4 is 0 Å². The molecule has 6 heteroatoms. The molecule has 0 radical (unpaired) electrons. The van der Waals surface area contributed by atoms with Gasteiger partial charge in [-0.15, -0.1) is 0 Å². The van der Waals surface area contributed by atoms with Gasteiger partial charge in [-0.25, -0.2) is 4.79 Å². The molecule has 0 aromatic heterocycles. The maximum Gasteiger partial charge on any atom is 0.355 e. The van der Waals surface area contributed by atoms with Crippen molar-refractivity contribution in [2.24, 2.45) is 0 Å². The van der Waals surface area contributed by atoms with Gasteiger partial charge in [-0.05, 0) is 0 Å². The summed E-state index contributed by atoms with van der Waals surface area (Å²) in [7, 11) is 1.08. The fourth-order valence-corrected chi connectivity index (χ4v) is 0.400. The zero-order valence-electron chi connectivity index (χ0n) is 5.04. The SMILES string of the molecule is COC(=O)/C(Cl)=C/[N+](=O)[O-]. The van der Waals surface area contributed by atoms with Gasteiger partial charge in [-0.2, -0.15) is 0 Å². The molecule has 0 unspecified atom stereocenters. The molecule has 0 aromatic carbocycles. The third kappa shape index (κ3) is 3.03. The van der Waals surface area contributed by atoms with Crippen LogP contribution in [0.3, 0.4) is 0 Å². The second kappa shape index (κ2) is 3.84. The van der Waals surface area contributed by atoms with E-state index >= 15 is 0 Å². The smallest absolute Gasteiger partial charge is 0.355 e. The van der Waals surface area contributed by atoms with Crippen molar-refractivity contribution in [2.45, 2.75) is 0 Å². The minimum absolute atomic E-state index is 0.368. The van der Waals surface area contributed by atoms with Gasteiger partial charge in [-0.1, -0.05) is 11.6 Å². The molecule has 0 heterocycles. The summed E-state index contributed by atoms with van der Waals surface area (Å²) >= 11 is 5.07. The highest BCUT2D eigenvalue weighted by molar-refractivity contribution is 6.41. The van der Waals surface area contributed by atoms with Crippen LogP contribution in [-0.2, 0) is 9.53 Å². The lowest BCUT2D eigenvalue weighted by atomic mass is 10.6. The van der Waals surface area contributed by atoms with Crippen molar-refractivity contribution in [1.29, 1.82) is 0 Å². The first kappa shape index (κ1) is 8.90. The zero-order valence-corrected chi connectivity index (χ0v) is 5.79. The van der Waals surface area contributed by atoms with Crippen LogP contribution in [0.25, 0.3) is 0 Å². The van der Waals surface area contributed by atoms with Crippen molar-refractivity contribution < 1.29 is 14.5 Å². The highest BCUT2D eigenvalue weighted by Crippen LogP contribution is 2.02. The molecular weight excluding hydrogens is 162 g/mol. The van der Waals surface area contributed by atoms with Crippen LogP contribution in [0.4, 0.5) is 0 Å². The van der Waals surface area contributed by atoms with Crippen LogP contribution in [0.1, 0.15) is 0 Å². The van der Waals surface area contributed by atoms with E-state index in [-0.39, 0.29) is 0 Å². The molecule has 0 bridgehead atoms. The van der Waals surface area contributed by atoms with E-state index in [0.717, 1.165) is 7.11 Å². The minimum Gasteiger partial charge on any atom is -0.465 e. The molecule has 0 atom stereocenters. The molecule has 0 fully saturated rings. The lowest BCUT2D eigenvalue weighted by Crippen LogP contribution is -2.01. The van der Waals surface area contributed by atoms with Crippen LogP contribution in [0.2, 0.25) is 0 Å². The van der Waals surface area contributed by atoms with Gasteiger partial charge in [0.2, 0.25) is 0 Å². The fraction of sp³-hybridized carbons (Fsp3) is 0.250. The molecule has 0 N–H and O–H groups in total. The second-order valence-electron chi connectivity index (χ2n) is 1.25. The number of ether oxygens (including phenoxy) is 1. The molecule has 0 aliphatic heterocycles. The molecular formula is C4H4ClNO4. The Balaban J connectivity index is 4.19. The average molecular weight is 166 g/mol. The maximum absolute atomic E-state index is 10.3. The summed E-state index contributed by atoms with van der Waals surface area (Å²) in [6, 6.07) is 0. The number of esters is 1. The molecule has 0 saturated carbocycles. The Morgan fingerprint density at radius 3 is 2.60 bits per heavy atom. The van der Waals surface area contributed by atoms with Crippen LogP contribution in [0.15, 0.2) is 11.2 Å². The van der Waals surface area contributed by atoms with Gasteiger partial charge in [0.25, 0.3) is 6.20 Å². The predicted octanol–water partition coefficient (Wildman–Crippen LogP) is 0.516. The zero-order chi connectivity index (χ0) is 8.15. The Hall–Kier alpha value is -1.10. The third-order valence-corrected chi connectivity index (χ3v) is 0.851. The molecule has 0 aromatic rings. The highest BCUT2D eigenvalue weighted by atomic mass is 35.5. The third-order valence-electron chi connectivity index (χ3n) is 0.599. The van der Waals surface area contributed by atoms with Gasteiger partial charge in [0, 0.05) is 0 Å². The molecule has 10 heavy (non-hydrogen) atoms. The van der Waals surface area contributed by atoms with E-state index in [2.05, 4.69) is 4.74 Å². The van der Waals surface area contributed by atoms with Gasteiger partial charge < -0.3 is 4.74 Å². The van der Waals surface area contributed by atoms with Crippen LogP contribution in [0, 0.1) is 10.1 Å². The van der Waals surface area contributed by atoms with E-state index in [9.17, 15) is 14.9 Å². The number of carbonyl (C=O) groups excluding carboxylic acids is 1. The fourth-order valence-electron chi connectivity index (χ4n) is 0.243. The number of hydrogen-bond donors (Lipinski definition) is 0. The summed E-state index contributed by atoms with van der Waals surface area (Å²) in [5.74, 6) is -0.918. The standard InChI is InChI=1S/C4H4ClNO4/c1-10-4(7)3(5)2-6(8)9/h2H,1H3/b3-2-. The van der Waals surface area contributed by atoms with E-state index in [1.165, 1.54) is 0 Å². The summed E-state index contributed by atoms with van der Waals surface area (Å²) in [6.45, 7) is 0. The summed E-state index contributed by atoms with van der Waals surface area (Å²) in [4.78, 5) is 19.2. The van der Waals surface area contributed by atoms with Crippen molar-refractivity contribution >= 4 is 17.6 Å². The van der Waals surface area contributed by atoms with Crippen molar-refractivity contribution in [3.05, 3.63) is 21.3 Å². The molecule has 0 rings (SSSR count). The Kier molecular flexibility index (Phi) is 3.42. The molecule has 0 spiro atoms. The second-order valence-corrected chi connectivity index (χ2v) is 1.66. The van der Waals surface area contributed by atoms with Crippen LogP contribution >= 0.6 is 11.6 Å². The number of nitrogens with zero attached hydrogens (tertiary/aromatic N) is 1. The number of nitro groups is 1. The quantitative estimate of drug-likeness (QED) is 0.259. The maximum atomic E-state index is 10.3. The summed E-state index contributed by atoms with van der Waals surface area (Å²) < 4.78 is 4.07. The van der Waals surface area contributed by atoms with Gasteiger partial charge in [0.05, 0.1) is 12.0 Å². The minimum atomic E-state index is -0.918. The molecule has 5 nitrogen and oxygen atoms in total. The lowest BCUT2D eigenvalue weighted by Gasteiger charge is -1.90. The average Bonchev–Trinajstić information content (AvgIpc) is 1.85. The van der Waals surface area contributed by atoms with E-state index in [1.54, 1.807) is 0 Å². The largest absolute Gasteiger partial charge is 0.465 e. The summed E-state index contributed by atoms with van der Waals surface area (Å²) in [6.07, 6.45) is 0.368. The van der Waals surface area contributed by atoms with Crippen molar-refractivity contribution in [3.63, 3.8) is 0 Å². The first-order valence-corrected chi connectivity index (χ1v) is 2.55. The van der Waals surface area contributed by atoms with Gasteiger partial charge >= 0.3 is 5.97 Å². The van der Waals surface area contributed by atoms with Crippen molar-refractivity contribution in [1.82, 2.24) is 0 Å². The molecule has 0 amide bonds. The van der Waals surface area contributed by atoms with Gasteiger partial charge in [0.1, 0.15) is 0 Å². The van der Waals surface area contributed by atoms with Crippen molar-refractivity contribution in [2.75, 3.05) is 7.11 Å². The number of rotatable bonds is 2. The first-order chi connectivity index (χ1) is 4.57. The van der Waals surface area contributed by atoms with Gasteiger partial charge in [0.15, 0.2) is 5.03 Å². The Bertz CT molecular complexity index is 188. The molecule has 0 saturated heterocycles. The monoisotopic (exact) mass is 165 g/mol. The summed E-state index contributed by atoms with van der Waals surface area (Å²) in [5, 5.41) is 9.12. The van der Waals surface area contributed by atoms with Crippen LogP contribution in [0.5, 0.6) is 0 Å². The van der Waals surface area contributed by atoms with E-state index in [0.29, 0.717) is 6.20 Å². The van der Waals surface area contributed by atoms with E-state index in [1.807, 2.05) is 0 Å². The normalized spacial score (nSPS) is 10.8. The van der Waals surface area contributed by atoms with E-state index in [4.69, 9.17) is 11.6 Å². The Morgan fingerprint density at radius 1 is 1.80 bits per heavy atom. The first-order valence-electron chi connectivity index (χ1n) is 2.17. The number of halogens is 1. The van der Waals surface area contributed by atoms with Gasteiger partial charge in [-0.3, -0.25) is 10.1 Å². The molecule has 56 valence electrons. The number of carbonyl (C=O) groups is 1. The lowest BCUT2D eigenvalue weighted by molar-refractivity contribution is -0.402. The Labute approximate surface area is 61.4 Å². The topological polar surface area (TPSA) is 69.4 Å². The molecule has 0 aliphatic rings. The summed E-state index contributed by atoms with van der Waals surface area (Å²) in [5.41, 5.74) is 0. The van der Waals surface area contributed by atoms with Crippen molar-refractivity contribution in [3.8, 4) is 0 Å². The predicted molar refractivity (Wildman–Crippen MR) is 32.9 cm³/mol. The number of hydrogen-bond acceptors (Lipinski definition) is 4.